The van der Waals surface area contributed by atoms with Gasteiger partial charge in [-0.2, -0.15) is 0 Å². The van der Waals surface area contributed by atoms with Crippen LogP contribution in [0.2, 0.25) is 0 Å². The first-order chi connectivity index (χ1) is 11.0. The van der Waals surface area contributed by atoms with Crippen LogP contribution in [0.15, 0.2) is 35.7 Å². The minimum absolute atomic E-state index is 0.00986. The van der Waals surface area contributed by atoms with Crippen molar-refractivity contribution >= 4 is 12.2 Å². The van der Waals surface area contributed by atoms with Crippen molar-refractivity contribution in [2.75, 3.05) is 19.0 Å². The molecule has 0 amide bonds. The summed E-state index contributed by atoms with van der Waals surface area (Å²) in [6.45, 7) is 3.79. The molecule has 0 fully saturated rings. The predicted octanol–water partition coefficient (Wildman–Crippen LogP) is 4.50. The summed E-state index contributed by atoms with van der Waals surface area (Å²) in [5.41, 5.74) is 1.25. The normalized spacial score (nSPS) is 10.1. The van der Waals surface area contributed by atoms with Gasteiger partial charge in [-0.25, -0.2) is 0 Å². The summed E-state index contributed by atoms with van der Waals surface area (Å²) in [5, 5.41) is 9.27. The van der Waals surface area contributed by atoms with Gasteiger partial charge >= 0.3 is 0 Å². The summed E-state index contributed by atoms with van der Waals surface area (Å²) in [4.78, 5) is 24.6. The van der Waals surface area contributed by atoms with Gasteiger partial charge in [0.25, 0.3) is 6.47 Å². The second-order valence-corrected chi connectivity index (χ2v) is 5.18. The molecule has 23 heavy (non-hydrogen) atoms. The van der Waals surface area contributed by atoms with E-state index in [0.29, 0.717) is 0 Å². The van der Waals surface area contributed by atoms with E-state index in [4.69, 9.17) is 9.90 Å². The highest BCUT2D eigenvalue weighted by atomic mass is 16.7. The van der Waals surface area contributed by atoms with Crippen LogP contribution in [0, 0.1) is 4.91 Å². The van der Waals surface area contributed by atoms with Gasteiger partial charge in [0.15, 0.2) is 5.34 Å². The molecular formula is C17H30N2O4. The number of carboxylic acid groups (broad SMARTS) is 1. The number of anilines is 1. The minimum atomic E-state index is -0.250. The number of hydrogen-bond donors (Lipinski definition) is 1. The van der Waals surface area contributed by atoms with Crippen LogP contribution in [0.3, 0.4) is 0 Å². The number of carbonyl (C=O) groups is 1. The number of nitrogens with zero attached hydrogens (tertiary/aromatic N) is 2. The Morgan fingerprint density at radius 1 is 1.22 bits per heavy atom. The highest BCUT2D eigenvalue weighted by molar-refractivity contribution is 5.43. The van der Waals surface area contributed by atoms with Gasteiger partial charge in [-0.3, -0.25) is 4.79 Å². The molecule has 0 heterocycles. The van der Waals surface area contributed by atoms with E-state index in [1.165, 1.54) is 24.9 Å². The zero-order chi connectivity index (χ0) is 17.9. The van der Waals surface area contributed by atoms with Crippen LogP contribution >= 0.6 is 0 Å². The van der Waals surface area contributed by atoms with E-state index >= 15 is 0 Å². The number of hydrogen-bond acceptors (Lipinski definition) is 5. The van der Waals surface area contributed by atoms with Gasteiger partial charge in [-0.1, -0.05) is 44.4 Å². The maximum atomic E-state index is 9.63. The molecule has 0 spiro atoms. The molecule has 0 saturated heterocycles. The molecule has 0 saturated carbocycles. The van der Waals surface area contributed by atoms with Gasteiger partial charge < -0.3 is 14.8 Å². The molecule has 1 atom stereocenters. The first kappa shape index (κ1) is 23.2. The molecule has 0 aliphatic heterocycles. The molecule has 0 aliphatic carbocycles. The molecule has 0 aromatic heterocycles. The largest absolute Gasteiger partial charge is 0.483 e. The quantitative estimate of drug-likeness (QED) is 0.329. The zero-order valence-electron chi connectivity index (χ0n) is 14.6. The van der Waals surface area contributed by atoms with Gasteiger partial charge in [0.05, 0.1) is 0 Å². The maximum absolute atomic E-state index is 9.63. The second-order valence-electron chi connectivity index (χ2n) is 5.18. The number of unbranched alkanes of at least 4 members (excludes halogenated alkanes) is 3. The van der Waals surface area contributed by atoms with E-state index in [1.807, 2.05) is 39.2 Å². The van der Waals surface area contributed by atoms with Crippen LogP contribution < -0.4 is 4.90 Å². The van der Waals surface area contributed by atoms with Crippen LogP contribution in [0.4, 0.5) is 5.69 Å². The molecule has 1 rings (SSSR count). The Hall–Kier alpha value is -2.11. The highest BCUT2D eigenvalue weighted by Gasteiger charge is 2.00. The third-order valence-corrected chi connectivity index (χ3v) is 2.96. The van der Waals surface area contributed by atoms with E-state index in [9.17, 15) is 4.91 Å². The molecule has 6 heteroatoms. The topological polar surface area (TPSA) is 79.2 Å². The van der Waals surface area contributed by atoms with Crippen LogP contribution in [0.1, 0.15) is 46.0 Å². The molecule has 1 aromatic rings. The van der Waals surface area contributed by atoms with E-state index in [0.717, 1.165) is 12.8 Å². The molecule has 0 aliphatic rings. The Labute approximate surface area is 139 Å². The Kier molecular flexibility index (Phi) is 18.1. The van der Waals surface area contributed by atoms with Crippen molar-refractivity contribution in [1.29, 1.82) is 0 Å². The number of para-hydroxylation sites is 1. The molecule has 6 nitrogen and oxygen atoms in total. The SMILES string of the molecule is CCCCCCC(C)ON=O.CN(C)c1ccccc1.O=CO. The Bertz CT molecular complexity index is 372. The lowest BCUT2D eigenvalue weighted by Gasteiger charge is -2.10. The van der Waals surface area contributed by atoms with Gasteiger partial charge in [-0.15, -0.1) is 4.91 Å². The van der Waals surface area contributed by atoms with Crippen molar-refractivity contribution < 1.29 is 14.7 Å². The van der Waals surface area contributed by atoms with Crippen molar-refractivity contribution in [3.05, 3.63) is 35.2 Å². The summed E-state index contributed by atoms with van der Waals surface area (Å²) in [6, 6.07) is 10.3. The summed E-state index contributed by atoms with van der Waals surface area (Å²) < 4.78 is 0. The molecule has 0 bridgehead atoms. The maximum Gasteiger partial charge on any atom is 0.290 e. The van der Waals surface area contributed by atoms with Gasteiger partial charge in [0.2, 0.25) is 0 Å². The molecule has 1 unspecified atom stereocenters. The predicted molar refractivity (Wildman–Crippen MR) is 94.6 cm³/mol. The molecular weight excluding hydrogens is 296 g/mol. The molecule has 1 aromatic carbocycles. The lowest BCUT2D eigenvalue weighted by Crippen LogP contribution is -2.07. The van der Waals surface area contributed by atoms with E-state index in [2.05, 4.69) is 34.1 Å². The smallest absolute Gasteiger partial charge is 0.290 e. The number of rotatable bonds is 8. The fraction of sp³-hybridized carbons (Fsp3) is 0.588. The monoisotopic (exact) mass is 326 g/mol. The fourth-order valence-corrected chi connectivity index (χ4v) is 1.71. The summed E-state index contributed by atoms with van der Waals surface area (Å²) >= 11 is 0. The van der Waals surface area contributed by atoms with Crippen molar-refractivity contribution in [2.24, 2.45) is 5.34 Å². The Morgan fingerprint density at radius 2 is 1.78 bits per heavy atom. The van der Waals surface area contributed by atoms with Crippen LogP contribution in [0.25, 0.3) is 0 Å². The first-order valence-electron chi connectivity index (χ1n) is 7.82. The van der Waals surface area contributed by atoms with Crippen molar-refractivity contribution in [3.63, 3.8) is 0 Å². The first-order valence-corrected chi connectivity index (χ1v) is 7.82. The lowest BCUT2D eigenvalue weighted by atomic mass is 10.1. The lowest BCUT2D eigenvalue weighted by molar-refractivity contribution is -0.122. The number of benzene rings is 1. The van der Waals surface area contributed by atoms with E-state index < -0.39 is 0 Å². The highest BCUT2D eigenvalue weighted by Crippen LogP contribution is 2.08. The summed E-state index contributed by atoms with van der Waals surface area (Å²) in [5.74, 6) is 0. The van der Waals surface area contributed by atoms with Crippen molar-refractivity contribution in [2.45, 2.75) is 52.1 Å². The Balaban J connectivity index is 0. The van der Waals surface area contributed by atoms with E-state index in [-0.39, 0.29) is 12.6 Å². The average molecular weight is 326 g/mol. The Morgan fingerprint density at radius 3 is 2.17 bits per heavy atom. The zero-order valence-corrected chi connectivity index (χ0v) is 14.6. The standard InChI is InChI=1S/C8H17NO2.C8H11N.CH2O2/c1-3-4-5-6-7-8(2)11-9-10;1-9(2)8-6-4-3-5-7-8;2-1-3/h8H,3-7H2,1-2H3;3-7H,1-2H3;1H,(H,2,3). The van der Waals surface area contributed by atoms with Gasteiger partial charge in [0, 0.05) is 19.8 Å². The average Bonchev–Trinajstić information content (AvgIpc) is 2.54. The van der Waals surface area contributed by atoms with Gasteiger partial charge in [0.1, 0.15) is 6.10 Å². The molecule has 0 radical (unpaired) electrons. The molecule has 1 N–H and O–H groups in total. The fourth-order valence-electron chi connectivity index (χ4n) is 1.71. The summed E-state index contributed by atoms with van der Waals surface area (Å²) in [6.07, 6.45) is 5.78. The van der Waals surface area contributed by atoms with Crippen LogP contribution in [-0.4, -0.2) is 31.8 Å². The van der Waals surface area contributed by atoms with Crippen LogP contribution in [-0.2, 0) is 9.63 Å². The van der Waals surface area contributed by atoms with E-state index in [1.54, 1.807) is 0 Å². The minimum Gasteiger partial charge on any atom is -0.483 e. The van der Waals surface area contributed by atoms with Crippen LogP contribution in [0.5, 0.6) is 0 Å². The van der Waals surface area contributed by atoms with Gasteiger partial charge in [-0.05, 0) is 31.9 Å². The van der Waals surface area contributed by atoms with Crippen molar-refractivity contribution in [3.8, 4) is 0 Å². The third-order valence-electron chi connectivity index (χ3n) is 2.96. The molecule has 132 valence electrons. The third kappa shape index (κ3) is 17.8. The summed E-state index contributed by atoms with van der Waals surface area (Å²) in [7, 11) is 4.07. The second kappa shape index (κ2) is 17.9. The van der Waals surface area contributed by atoms with Crippen molar-refractivity contribution in [1.82, 2.24) is 0 Å².